The highest BCUT2D eigenvalue weighted by Gasteiger charge is 2.07. The van der Waals surface area contributed by atoms with Crippen LogP contribution in [0.5, 0.6) is 0 Å². The molecule has 0 radical (unpaired) electrons. The van der Waals surface area contributed by atoms with Crippen LogP contribution in [0.4, 0.5) is 0 Å². The second-order valence-electron chi connectivity index (χ2n) is 3.17. The van der Waals surface area contributed by atoms with Crippen molar-refractivity contribution in [2.75, 3.05) is 0 Å². The van der Waals surface area contributed by atoms with Crippen molar-refractivity contribution in [1.82, 2.24) is 0 Å². The topological polar surface area (TPSA) is 0 Å². The van der Waals surface area contributed by atoms with Crippen molar-refractivity contribution in [3.8, 4) is 0 Å². The minimum absolute atomic E-state index is 1.23. The zero-order chi connectivity index (χ0) is 11.3. The van der Waals surface area contributed by atoms with Crippen LogP contribution in [0.25, 0.3) is 18.2 Å². The molecular weight excluding hydrogens is 200 g/mol. The fourth-order valence-electron chi connectivity index (χ4n) is 1.41. The maximum atomic E-state index is 3.84. The molecule has 1 aromatic heterocycles. The second kappa shape index (κ2) is 5.52. The predicted octanol–water partition coefficient (Wildman–Crippen LogP) is 4.93. The molecule has 0 aromatic carbocycles. The van der Waals surface area contributed by atoms with Crippen molar-refractivity contribution in [2.45, 2.75) is 13.8 Å². The Balaban J connectivity index is 3.26. The zero-order valence-electron chi connectivity index (χ0n) is 9.29. The van der Waals surface area contributed by atoms with E-state index in [0.29, 0.717) is 0 Å². The minimum atomic E-state index is 1.23. The van der Waals surface area contributed by atoms with Crippen molar-refractivity contribution in [3.63, 3.8) is 0 Å². The first-order valence-electron chi connectivity index (χ1n) is 4.92. The Labute approximate surface area is 96.0 Å². The largest absolute Gasteiger partial charge is 0.136 e. The summed E-state index contributed by atoms with van der Waals surface area (Å²) >= 11 is 1.76. The van der Waals surface area contributed by atoms with E-state index in [1.54, 1.807) is 17.4 Å². The van der Waals surface area contributed by atoms with Gasteiger partial charge in [0.15, 0.2) is 0 Å². The van der Waals surface area contributed by atoms with E-state index in [-0.39, 0.29) is 0 Å². The molecule has 15 heavy (non-hydrogen) atoms. The lowest BCUT2D eigenvalue weighted by molar-refractivity contribution is 1.49. The molecule has 0 aliphatic heterocycles. The molecule has 0 unspecified atom stereocenters. The normalized spacial score (nSPS) is 11.3. The van der Waals surface area contributed by atoms with Crippen molar-refractivity contribution in [2.24, 2.45) is 0 Å². The van der Waals surface area contributed by atoms with Crippen molar-refractivity contribution in [3.05, 3.63) is 52.3 Å². The summed E-state index contributed by atoms with van der Waals surface area (Å²) in [5, 5.41) is 0. The Hall–Kier alpha value is -1.34. The van der Waals surface area contributed by atoms with Gasteiger partial charge in [0, 0.05) is 9.75 Å². The molecule has 0 N–H and O–H groups in total. The van der Waals surface area contributed by atoms with Gasteiger partial charge in [0.25, 0.3) is 0 Å². The number of hydrogen-bond donors (Lipinski definition) is 0. The Kier molecular flexibility index (Phi) is 4.32. The molecule has 0 saturated heterocycles. The van der Waals surface area contributed by atoms with Gasteiger partial charge in [0.1, 0.15) is 0 Å². The zero-order valence-corrected chi connectivity index (χ0v) is 10.1. The number of allylic oxidation sites excluding steroid dienone is 3. The summed E-state index contributed by atoms with van der Waals surface area (Å²) in [7, 11) is 0. The molecule has 1 heteroatoms. The third kappa shape index (κ3) is 2.57. The Morgan fingerprint density at radius 1 is 1.13 bits per heavy atom. The predicted molar refractivity (Wildman–Crippen MR) is 73.1 cm³/mol. The first kappa shape index (κ1) is 11.7. The van der Waals surface area contributed by atoms with E-state index in [4.69, 9.17) is 0 Å². The van der Waals surface area contributed by atoms with Crippen molar-refractivity contribution < 1.29 is 0 Å². The van der Waals surface area contributed by atoms with Gasteiger partial charge in [-0.05, 0) is 31.1 Å². The highest BCUT2D eigenvalue weighted by molar-refractivity contribution is 7.14. The average molecular weight is 216 g/mol. The van der Waals surface area contributed by atoms with E-state index in [2.05, 4.69) is 38.3 Å². The van der Waals surface area contributed by atoms with Gasteiger partial charge in [-0.3, -0.25) is 0 Å². The van der Waals surface area contributed by atoms with Crippen molar-refractivity contribution >= 4 is 29.6 Å². The Morgan fingerprint density at radius 2 is 1.87 bits per heavy atom. The van der Waals surface area contributed by atoms with Crippen LogP contribution in [-0.2, 0) is 0 Å². The first-order chi connectivity index (χ1) is 7.24. The van der Waals surface area contributed by atoms with Gasteiger partial charge in [0.2, 0.25) is 0 Å². The van der Waals surface area contributed by atoms with E-state index < -0.39 is 0 Å². The molecule has 0 saturated carbocycles. The third-order valence-corrected chi connectivity index (χ3v) is 3.43. The molecule has 0 bridgehead atoms. The summed E-state index contributed by atoms with van der Waals surface area (Å²) in [4.78, 5) is 2.51. The summed E-state index contributed by atoms with van der Waals surface area (Å²) in [6.07, 6.45) is 12.0. The van der Waals surface area contributed by atoms with E-state index in [9.17, 15) is 0 Å². The van der Waals surface area contributed by atoms with Crippen molar-refractivity contribution in [1.29, 1.82) is 0 Å². The van der Waals surface area contributed by atoms with Crippen LogP contribution in [0.1, 0.15) is 27.8 Å². The minimum Gasteiger partial charge on any atom is -0.136 e. The highest BCUT2D eigenvalue weighted by atomic mass is 32.1. The molecule has 1 heterocycles. The van der Waals surface area contributed by atoms with Gasteiger partial charge in [-0.1, -0.05) is 43.5 Å². The first-order valence-corrected chi connectivity index (χ1v) is 5.73. The van der Waals surface area contributed by atoms with Gasteiger partial charge in [0.05, 0.1) is 0 Å². The quantitative estimate of drug-likeness (QED) is 0.626. The molecular formula is C14H16S. The van der Waals surface area contributed by atoms with Crippen LogP contribution < -0.4 is 0 Å². The SMILES string of the molecule is C=C/C=C\c1sc(C=C)c(/C=C\C)c1C. The summed E-state index contributed by atoms with van der Waals surface area (Å²) in [6.45, 7) is 11.7. The second-order valence-corrected chi connectivity index (χ2v) is 4.25. The molecule has 1 rings (SSSR count). The molecule has 0 aliphatic rings. The van der Waals surface area contributed by atoms with E-state index in [0.717, 1.165) is 0 Å². The van der Waals surface area contributed by atoms with Gasteiger partial charge in [-0.15, -0.1) is 11.3 Å². The van der Waals surface area contributed by atoms with E-state index >= 15 is 0 Å². The van der Waals surface area contributed by atoms with Gasteiger partial charge in [-0.25, -0.2) is 0 Å². The summed E-state index contributed by atoms with van der Waals surface area (Å²) in [5.74, 6) is 0. The van der Waals surface area contributed by atoms with Crippen LogP contribution >= 0.6 is 11.3 Å². The monoisotopic (exact) mass is 216 g/mol. The lowest BCUT2D eigenvalue weighted by atomic mass is 10.1. The van der Waals surface area contributed by atoms with Gasteiger partial charge < -0.3 is 0 Å². The fourth-order valence-corrected chi connectivity index (χ4v) is 2.47. The maximum absolute atomic E-state index is 3.84. The Bertz CT molecular complexity index is 417. The smallest absolute Gasteiger partial charge is 0.0345 e. The lowest BCUT2D eigenvalue weighted by Gasteiger charge is -1.93. The van der Waals surface area contributed by atoms with Crippen LogP contribution in [0, 0.1) is 6.92 Å². The molecule has 0 amide bonds. The fraction of sp³-hybridized carbons (Fsp3) is 0.143. The van der Waals surface area contributed by atoms with E-state index in [1.807, 2.05) is 19.1 Å². The maximum Gasteiger partial charge on any atom is 0.0345 e. The third-order valence-electron chi connectivity index (χ3n) is 2.16. The molecule has 78 valence electrons. The molecule has 0 spiro atoms. The molecule has 0 nitrogen and oxygen atoms in total. The number of rotatable bonds is 4. The van der Waals surface area contributed by atoms with Crippen LogP contribution in [-0.4, -0.2) is 0 Å². The molecule has 0 fully saturated rings. The molecule has 0 atom stereocenters. The summed E-state index contributed by atoms with van der Waals surface area (Å²) in [5.41, 5.74) is 2.59. The average Bonchev–Trinajstić information content (AvgIpc) is 2.54. The van der Waals surface area contributed by atoms with Gasteiger partial charge >= 0.3 is 0 Å². The van der Waals surface area contributed by atoms with E-state index in [1.165, 1.54) is 20.9 Å². The standard InChI is InChI=1S/C14H16S/c1-5-8-10-14-11(4)12(9-6-2)13(7-3)15-14/h5-10H,1,3H2,2,4H3/b9-6-,10-8-. The van der Waals surface area contributed by atoms with Crippen LogP contribution in [0.15, 0.2) is 31.4 Å². The number of hydrogen-bond acceptors (Lipinski definition) is 1. The van der Waals surface area contributed by atoms with Crippen LogP contribution in [0.3, 0.4) is 0 Å². The summed E-state index contributed by atoms with van der Waals surface area (Å²) < 4.78 is 0. The van der Waals surface area contributed by atoms with Crippen LogP contribution in [0.2, 0.25) is 0 Å². The lowest BCUT2D eigenvalue weighted by Crippen LogP contribution is -1.76. The van der Waals surface area contributed by atoms with Gasteiger partial charge in [-0.2, -0.15) is 0 Å². The summed E-state index contributed by atoms with van der Waals surface area (Å²) in [6, 6.07) is 0. The number of thiophene rings is 1. The Morgan fingerprint density at radius 3 is 2.40 bits per heavy atom. The molecule has 0 aliphatic carbocycles. The highest BCUT2D eigenvalue weighted by Crippen LogP contribution is 2.31. The molecule has 1 aromatic rings.